The number of carbonyl (C=O) groups is 1. The molecule has 0 atom stereocenters. The first-order chi connectivity index (χ1) is 14.0. The summed E-state index contributed by atoms with van der Waals surface area (Å²) in [5.41, 5.74) is 0.721. The van der Waals surface area contributed by atoms with E-state index in [-0.39, 0.29) is 35.6 Å². The molecule has 0 unspecified atom stereocenters. The van der Waals surface area contributed by atoms with Crippen molar-refractivity contribution in [3.63, 3.8) is 0 Å². The Morgan fingerprint density at radius 2 is 1.97 bits per heavy atom. The first-order valence-electron chi connectivity index (χ1n) is 9.56. The fraction of sp³-hybridized carbons (Fsp3) is 0.368. The molecule has 3 heterocycles. The van der Waals surface area contributed by atoms with E-state index >= 15 is 0 Å². The number of hydrogen-bond acceptors (Lipinski definition) is 6. The van der Waals surface area contributed by atoms with Crippen molar-refractivity contribution in [3.05, 3.63) is 48.4 Å². The normalized spacial score (nSPS) is 17.9. The molecule has 150 valence electrons. The number of sulfonamides is 1. The Labute approximate surface area is 167 Å². The van der Waals surface area contributed by atoms with E-state index in [2.05, 4.69) is 20.6 Å². The van der Waals surface area contributed by atoms with Crippen molar-refractivity contribution in [1.82, 2.24) is 29.6 Å². The predicted octanol–water partition coefficient (Wildman–Crippen LogP) is 1.21. The van der Waals surface area contributed by atoms with Gasteiger partial charge in [0.05, 0.1) is 17.8 Å². The fourth-order valence-corrected chi connectivity index (χ4v) is 5.09. The van der Waals surface area contributed by atoms with Gasteiger partial charge in [-0.25, -0.2) is 13.1 Å². The number of aromatic nitrogens is 4. The summed E-state index contributed by atoms with van der Waals surface area (Å²) in [7, 11) is -3.66. The number of rotatable bonds is 6. The quantitative estimate of drug-likeness (QED) is 0.652. The van der Waals surface area contributed by atoms with Gasteiger partial charge in [-0.1, -0.05) is 23.4 Å². The summed E-state index contributed by atoms with van der Waals surface area (Å²) < 4.78 is 29.1. The molecule has 9 nitrogen and oxygen atoms in total. The van der Waals surface area contributed by atoms with Crippen molar-refractivity contribution < 1.29 is 13.2 Å². The van der Waals surface area contributed by atoms with Gasteiger partial charge in [0.1, 0.15) is 4.90 Å². The Morgan fingerprint density at radius 3 is 2.76 bits per heavy atom. The highest BCUT2D eigenvalue weighted by Crippen LogP contribution is 2.31. The van der Waals surface area contributed by atoms with Crippen molar-refractivity contribution in [2.45, 2.75) is 23.8 Å². The lowest BCUT2D eigenvalue weighted by Gasteiger charge is -2.37. The first-order valence-corrected chi connectivity index (χ1v) is 11.0. The number of fused-ring (bicyclic) bond motifs is 1. The van der Waals surface area contributed by atoms with Crippen molar-refractivity contribution in [1.29, 1.82) is 0 Å². The monoisotopic (exact) mass is 412 g/mol. The Bertz CT molecular complexity index is 1180. The van der Waals surface area contributed by atoms with Crippen molar-refractivity contribution in [2.24, 2.45) is 5.92 Å². The highest BCUT2D eigenvalue weighted by molar-refractivity contribution is 7.89. The molecule has 2 aliphatic rings. The number of carbonyl (C=O) groups excluding carboxylic acids is 1. The predicted molar refractivity (Wildman–Crippen MR) is 105 cm³/mol. The average molecular weight is 412 g/mol. The summed E-state index contributed by atoms with van der Waals surface area (Å²) in [4.78, 5) is 16.6. The molecule has 0 radical (unpaired) electrons. The number of para-hydroxylation sites is 1. The molecule has 1 saturated heterocycles. The van der Waals surface area contributed by atoms with Crippen LogP contribution < -0.4 is 5.32 Å². The van der Waals surface area contributed by atoms with Crippen LogP contribution in [-0.2, 0) is 10.0 Å². The molecule has 29 heavy (non-hydrogen) atoms. The van der Waals surface area contributed by atoms with Crippen LogP contribution in [0.2, 0.25) is 0 Å². The van der Waals surface area contributed by atoms with Crippen LogP contribution in [0.4, 0.5) is 0 Å². The third-order valence-electron chi connectivity index (χ3n) is 5.41. The number of hydrogen-bond donors (Lipinski definition) is 1. The Morgan fingerprint density at radius 1 is 1.17 bits per heavy atom. The number of amides is 1. The zero-order chi connectivity index (χ0) is 20.0. The summed E-state index contributed by atoms with van der Waals surface area (Å²) in [5, 5.41) is 11.6. The summed E-state index contributed by atoms with van der Waals surface area (Å²) in [6.45, 7) is 1.22. The third-order valence-corrected chi connectivity index (χ3v) is 7.27. The Hall–Kier alpha value is -2.85. The second kappa shape index (κ2) is 6.89. The topological polar surface area (TPSA) is 110 Å². The molecule has 5 rings (SSSR count). The largest absolute Gasteiger partial charge is 0.350 e. The molecule has 10 heteroatoms. The molecule has 1 N–H and O–H groups in total. The Balaban J connectivity index is 1.28. The van der Waals surface area contributed by atoms with E-state index in [0.717, 1.165) is 18.2 Å². The van der Waals surface area contributed by atoms with Gasteiger partial charge in [-0.15, -0.1) is 5.10 Å². The van der Waals surface area contributed by atoms with E-state index in [1.54, 1.807) is 35.3 Å². The van der Waals surface area contributed by atoms with E-state index in [9.17, 15) is 13.2 Å². The van der Waals surface area contributed by atoms with Gasteiger partial charge in [-0.3, -0.25) is 9.78 Å². The average Bonchev–Trinajstić information content (AvgIpc) is 3.40. The van der Waals surface area contributed by atoms with Crippen LogP contribution in [0.25, 0.3) is 10.9 Å². The fourth-order valence-electron chi connectivity index (χ4n) is 3.41. The summed E-state index contributed by atoms with van der Waals surface area (Å²) >= 11 is 0. The Kier molecular flexibility index (Phi) is 4.32. The first kappa shape index (κ1) is 18.2. The van der Waals surface area contributed by atoms with Gasteiger partial charge in [0.15, 0.2) is 5.69 Å². The number of benzene rings is 1. The maximum Gasteiger partial charge on any atom is 0.273 e. The van der Waals surface area contributed by atoms with Crippen LogP contribution in [0.15, 0.2) is 47.6 Å². The van der Waals surface area contributed by atoms with Gasteiger partial charge in [-0.2, -0.15) is 4.31 Å². The minimum absolute atomic E-state index is 0.148. The molecule has 3 aromatic rings. The smallest absolute Gasteiger partial charge is 0.273 e. The number of pyridine rings is 1. The molecule has 0 spiro atoms. The maximum absolute atomic E-state index is 13.1. The lowest BCUT2D eigenvalue weighted by Crippen LogP contribution is -2.50. The zero-order valence-corrected chi connectivity index (χ0v) is 16.4. The molecular formula is C19H20N6O3S. The molecule has 1 saturated carbocycles. The standard InChI is InChI=1S/C19H20N6O3S/c26-19(21-9-13-6-7-13)16-12-25(23-22-16)15-10-24(11-15)29(27,28)17-5-1-3-14-4-2-8-20-18(14)17/h1-5,8,12-13,15H,6-7,9-11H2,(H,21,26). The van der Waals surface area contributed by atoms with Gasteiger partial charge < -0.3 is 5.32 Å². The van der Waals surface area contributed by atoms with E-state index in [1.165, 1.54) is 4.31 Å². The molecule has 1 aliphatic heterocycles. The van der Waals surface area contributed by atoms with Crippen LogP contribution in [0.1, 0.15) is 29.4 Å². The van der Waals surface area contributed by atoms with E-state index in [4.69, 9.17) is 0 Å². The van der Waals surface area contributed by atoms with Gasteiger partial charge in [0.25, 0.3) is 5.91 Å². The zero-order valence-electron chi connectivity index (χ0n) is 15.6. The molecule has 2 fully saturated rings. The number of nitrogens with one attached hydrogen (secondary N) is 1. The van der Waals surface area contributed by atoms with Crippen LogP contribution in [-0.4, -0.2) is 58.2 Å². The van der Waals surface area contributed by atoms with Crippen LogP contribution in [0.5, 0.6) is 0 Å². The summed E-state index contributed by atoms with van der Waals surface area (Å²) in [6, 6.07) is 8.61. The summed E-state index contributed by atoms with van der Waals surface area (Å²) in [5.74, 6) is 0.344. The second-order valence-corrected chi connectivity index (χ2v) is 9.45. The van der Waals surface area contributed by atoms with Crippen LogP contribution in [0, 0.1) is 5.92 Å². The maximum atomic E-state index is 13.1. The van der Waals surface area contributed by atoms with Crippen molar-refractivity contribution in [2.75, 3.05) is 19.6 Å². The molecule has 2 aromatic heterocycles. The van der Waals surface area contributed by atoms with Crippen molar-refractivity contribution >= 4 is 26.8 Å². The van der Waals surface area contributed by atoms with Gasteiger partial charge in [-0.05, 0) is 30.9 Å². The van der Waals surface area contributed by atoms with Gasteiger partial charge >= 0.3 is 0 Å². The third kappa shape index (κ3) is 3.38. The molecule has 1 amide bonds. The highest BCUT2D eigenvalue weighted by Gasteiger charge is 2.39. The molecule has 0 bridgehead atoms. The van der Waals surface area contributed by atoms with Gasteiger partial charge in [0, 0.05) is 31.2 Å². The lowest BCUT2D eigenvalue weighted by molar-refractivity contribution is 0.0946. The van der Waals surface area contributed by atoms with Crippen LogP contribution in [0.3, 0.4) is 0 Å². The summed E-state index contributed by atoms with van der Waals surface area (Å²) in [6.07, 6.45) is 5.49. The van der Waals surface area contributed by atoms with E-state index in [0.29, 0.717) is 18.0 Å². The number of nitrogens with zero attached hydrogens (tertiary/aromatic N) is 5. The SMILES string of the molecule is O=C(NCC1CC1)c1cn(C2CN(S(=O)(=O)c3cccc4cccnc34)C2)nn1. The minimum atomic E-state index is -3.66. The highest BCUT2D eigenvalue weighted by atomic mass is 32.2. The van der Waals surface area contributed by atoms with E-state index in [1.807, 2.05) is 12.1 Å². The van der Waals surface area contributed by atoms with Gasteiger partial charge in [0.2, 0.25) is 10.0 Å². The lowest BCUT2D eigenvalue weighted by atomic mass is 10.2. The minimum Gasteiger partial charge on any atom is -0.350 e. The van der Waals surface area contributed by atoms with Crippen LogP contribution >= 0.6 is 0 Å². The molecule has 1 aromatic carbocycles. The van der Waals surface area contributed by atoms with Crippen molar-refractivity contribution in [3.8, 4) is 0 Å². The second-order valence-electron chi connectivity index (χ2n) is 7.54. The molecular weight excluding hydrogens is 392 g/mol. The molecule has 1 aliphatic carbocycles. The van der Waals surface area contributed by atoms with E-state index < -0.39 is 10.0 Å².